The third-order valence-corrected chi connectivity index (χ3v) is 4.58. The molecule has 0 aromatic heterocycles. The SMILES string of the molecule is CC1CC(C(C)C)c2cc(Cc3ccccc3)ccc2N1. The fourth-order valence-electron chi connectivity index (χ4n) is 3.46. The van der Waals surface area contributed by atoms with Crippen molar-refractivity contribution in [1.82, 2.24) is 0 Å². The van der Waals surface area contributed by atoms with Crippen LogP contribution in [-0.2, 0) is 6.42 Å². The second-order valence-electron chi connectivity index (χ2n) is 6.72. The van der Waals surface area contributed by atoms with Gasteiger partial charge in [0.25, 0.3) is 0 Å². The van der Waals surface area contributed by atoms with Crippen LogP contribution >= 0.6 is 0 Å². The molecule has 1 N–H and O–H groups in total. The van der Waals surface area contributed by atoms with E-state index < -0.39 is 0 Å². The maximum absolute atomic E-state index is 3.64. The monoisotopic (exact) mass is 279 g/mol. The molecule has 1 aliphatic rings. The van der Waals surface area contributed by atoms with E-state index in [4.69, 9.17) is 0 Å². The Morgan fingerprint density at radius 1 is 1.05 bits per heavy atom. The van der Waals surface area contributed by atoms with Gasteiger partial charge in [-0.1, -0.05) is 56.3 Å². The van der Waals surface area contributed by atoms with Crippen LogP contribution in [-0.4, -0.2) is 6.04 Å². The largest absolute Gasteiger partial charge is 0.382 e. The van der Waals surface area contributed by atoms with Gasteiger partial charge in [0.15, 0.2) is 0 Å². The molecule has 0 radical (unpaired) electrons. The first kappa shape index (κ1) is 14.2. The molecule has 0 saturated heterocycles. The van der Waals surface area contributed by atoms with Crippen LogP contribution in [0.15, 0.2) is 48.5 Å². The van der Waals surface area contributed by atoms with Gasteiger partial charge in [-0.05, 0) is 54.4 Å². The predicted octanol–water partition coefficient (Wildman–Crippen LogP) is 5.22. The molecular formula is C20H25N. The Morgan fingerprint density at radius 3 is 2.52 bits per heavy atom. The molecule has 2 aromatic rings. The van der Waals surface area contributed by atoms with Crippen molar-refractivity contribution in [2.45, 2.75) is 45.6 Å². The molecular weight excluding hydrogens is 254 g/mol. The van der Waals surface area contributed by atoms with Gasteiger partial charge in [-0.2, -0.15) is 0 Å². The summed E-state index contributed by atoms with van der Waals surface area (Å²) in [5, 5.41) is 3.64. The van der Waals surface area contributed by atoms with E-state index in [2.05, 4.69) is 74.6 Å². The number of rotatable bonds is 3. The average Bonchev–Trinajstić information content (AvgIpc) is 2.47. The molecule has 0 aliphatic carbocycles. The number of fused-ring (bicyclic) bond motifs is 1. The normalized spacial score (nSPS) is 21.0. The summed E-state index contributed by atoms with van der Waals surface area (Å²) in [6, 6.07) is 18.3. The Labute approximate surface area is 128 Å². The number of benzene rings is 2. The van der Waals surface area contributed by atoms with Crippen LogP contribution in [0.25, 0.3) is 0 Å². The van der Waals surface area contributed by atoms with Crippen molar-refractivity contribution in [1.29, 1.82) is 0 Å². The van der Waals surface area contributed by atoms with Gasteiger partial charge >= 0.3 is 0 Å². The van der Waals surface area contributed by atoms with E-state index in [0.717, 1.165) is 6.42 Å². The summed E-state index contributed by atoms with van der Waals surface area (Å²) in [5.74, 6) is 1.37. The fourth-order valence-corrected chi connectivity index (χ4v) is 3.46. The van der Waals surface area contributed by atoms with Crippen LogP contribution in [0.2, 0.25) is 0 Å². The molecule has 21 heavy (non-hydrogen) atoms. The van der Waals surface area contributed by atoms with Crippen LogP contribution in [0.3, 0.4) is 0 Å². The minimum absolute atomic E-state index is 0.574. The van der Waals surface area contributed by atoms with Crippen LogP contribution in [0, 0.1) is 5.92 Å². The van der Waals surface area contributed by atoms with Crippen molar-refractivity contribution in [3.8, 4) is 0 Å². The van der Waals surface area contributed by atoms with Gasteiger partial charge in [-0.25, -0.2) is 0 Å². The van der Waals surface area contributed by atoms with E-state index in [1.54, 1.807) is 0 Å². The van der Waals surface area contributed by atoms with Crippen molar-refractivity contribution in [2.24, 2.45) is 5.92 Å². The van der Waals surface area contributed by atoms with Gasteiger partial charge < -0.3 is 5.32 Å². The van der Waals surface area contributed by atoms with Gasteiger partial charge in [0, 0.05) is 11.7 Å². The maximum Gasteiger partial charge on any atom is 0.0377 e. The first-order valence-electron chi connectivity index (χ1n) is 8.07. The van der Waals surface area contributed by atoms with Gasteiger partial charge in [0.1, 0.15) is 0 Å². The van der Waals surface area contributed by atoms with Gasteiger partial charge in [-0.15, -0.1) is 0 Å². The molecule has 1 heterocycles. The molecule has 3 rings (SSSR count). The summed E-state index contributed by atoms with van der Waals surface area (Å²) < 4.78 is 0. The predicted molar refractivity (Wildman–Crippen MR) is 91.0 cm³/mol. The number of nitrogens with one attached hydrogen (secondary N) is 1. The first-order chi connectivity index (χ1) is 10.1. The lowest BCUT2D eigenvalue weighted by molar-refractivity contribution is 0.435. The molecule has 0 fully saturated rings. The van der Waals surface area contributed by atoms with E-state index in [0.29, 0.717) is 17.9 Å². The zero-order chi connectivity index (χ0) is 14.8. The smallest absolute Gasteiger partial charge is 0.0377 e. The lowest BCUT2D eigenvalue weighted by Gasteiger charge is -2.34. The Morgan fingerprint density at radius 2 is 1.81 bits per heavy atom. The summed E-state index contributed by atoms with van der Waals surface area (Å²) in [7, 11) is 0. The van der Waals surface area contributed by atoms with E-state index in [1.807, 2.05) is 0 Å². The lowest BCUT2D eigenvalue weighted by Crippen LogP contribution is -2.27. The number of hydrogen-bond donors (Lipinski definition) is 1. The zero-order valence-corrected chi connectivity index (χ0v) is 13.3. The second kappa shape index (κ2) is 5.93. The molecule has 0 saturated carbocycles. The molecule has 1 aliphatic heterocycles. The standard InChI is InChI=1S/C20H25N/c1-14(2)18-11-15(3)21-20-10-9-17(13-19(18)20)12-16-7-5-4-6-8-16/h4-10,13-15,18,21H,11-12H2,1-3H3. The van der Waals surface area contributed by atoms with Crippen LogP contribution in [0.1, 0.15) is 49.8 Å². The third-order valence-electron chi connectivity index (χ3n) is 4.58. The molecule has 110 valence electrons. The van der Waals surface area contributed by atoms with E-state index in [9.17, 15) is 0 Å². The molecule has 0 bridgehead atoms. The molecule has 1 nitrogen and oxygen atoms in total. The van der Waals surface area contributed by atoms with Crippen LogP contribution in [0.5, 0.6) is 0 Å². The Kier molecular flexibility index (Phi) is 4.01. The topological polar surface area (TPSA) is 12.0 Å². The van der Waals surface area contributed by atoms with E-state index >= 15 is 0 Å². The maximum atomic E-state index is 3.64. The number of hydrogen-bond acceptors (Lipinski definition) is 1. The Balaban J connectivity index is 1.91. The van der Waals surface area contributed by atoms with Crippen molar-refractivity contribution < 1.29 is 0 Å². The van der Waals surface area contributed by atoms with Crippen molar-refractivity contribution in [2.75, 3.05) is 5.32 Å². The molecule has 0 amide bonds. The van der Waals surface area contributed by atoms with Gasteiger partial charge in [-0.3, -0.25) is 0 Å². The van der Waals surface area contributed by atoms with E-state index in [-0.39, 0.29) is 0 Å². The Bertz CT molecular complexity index is 600. The van der Waals surface area contributed by atoms with Crippen molar-refractivity contribution >= 4 is 5.69 Å². The van der Waals surface area contributed by atoms with Gasteiger partial charge in [0.2, 0.25) is 0 Å². The van der Waals surface area contributed by atoms with Gasteiger partial charge in [0.05, 0.1) is 0 Å². The highest BCUT2D eigenvalue weighted by molar-refractivity contribution is 5.57. The summed E-state index contributed by atoms with van der Waals surface area (Å²) in [4.78, 5) is 0. The fraction of sp³-hybridized carbons (Fsp3) is 0.400. The minimum atomic E-state index is 0.574. The second-order valence-corrected chi connectivity index (χ2v) is 6.72. The highest BCUT2D eigenvalue weighted by Crippen LogP contribution is 2.39. The molecule has 2 unspecified atom stereocenters. The summed E-state index contributed by atoms with van der Waals surface area (Å²) in [6.45, 7) is 6.98. The lowest BCUT2D eigenvalue weighted by atomic mass is 9.79. The Hall–Kier alpha value is -1.76. The highest BCUT2D eigenvalue weighted by Gasteiger charge is 2.26. The van der Waals surface area contributed by atoms with Crippen LogP contribution in [0.4, 0.5) is 5.69 Å². The average molecular weight is 279 g/mol. The number of anilines is 1. The third kappa shape index (κ3) is 3.12. The first-order valence-corrected chi connectivity index (χ1v) is 8.07. The van der Waals surface area contributed by atoms with Crippen LogP contribution < -0.4 is 5.32 Å². The van der Waals surface area contributed by atoms with E-state index in [1.165, 1.54) is 28.8 Å². The molecule has 1 heteroatoms. The highest BCUT2D eigenvalue weighted by atomic mass is 14.9. The van der Waals surface area contributed by atoms with Crippen molar-refractivity contribution in [3.05, 3.63) is 65.2 Å². The summed E-state index contributed by atoms with van der Waals surface area (Å²) in [6.07, 6.45) is 2.26. The minimum Gasteiger partial charge on any atom is -0.382 e. The zero-order valence-electron chi connectivity index (χ0n) is 13.3. The van der Waals surface area contributed by atoms with Crippen molar-refractivity contribution in [3.63, 3.8) is 0 Å². The molecule has 2 aromatic carbocycles. The molecule has 2 atom stereocenters. The quantitative estimate of drug-likeness (QED) is 0.812. The summed E-state index contributed by atoms with van der Waals surface area (Å²) >= 11 is 0. The summed E-state index contributed by atoms with van der Waals surface area (Å²) in [5.41, 5.74) is 5.65. The molecule has 0 spiro atoms.